The number of benzene rings is 2. The predicted octanol–water partition coefficient (Wildman–Crippen LogP) is 3.39. The van der Waals surface area contributed by atoms with E-state index in [-0.39, 0.29) is 0 Å². The second-order valence-corrected chi connectivity index (χ2v) is 4.62. The summed E-state index contributed by atoms with van der Waals surface area (Å²) in [6.45, 7) is 0. The summed E-state index contributed by atoms with van der Waals surface area (Å²) in [5.41, 5.74) is 4.04. The minimum Gasteiger partial charge on any atom is -0.290 e. The van der Waals surface area contributed by atoms with Crippen LogP contribution in [0.4, 0.5) is 0 Å². The summed E-state index contributed by atoms with van der Waals surface area (Å²) in [6, 6.07) is 22.2. The molecule has 2 heterocycles. The molecule has 1 N–H and O–H groups in total. The van der Waals surface area contributed by atoms with Gasteiger partial charge in [-0.15, -0.1) is 10.2 Å². The molecule has 0 fully saturated rings. The van der Waals surface area contributed by atoms with Gasteiger partial charge in [-0.05, 0) is 5.56 Å². The Hall–Kier alpha value is -2.88. The number of hydrogen-bond donors (Lipinski definition) is 1. The normalized spacial score (nSPS) is 11.0. The second kappa shape index (κ2) is 4.35. The molecule has 0 bridgehead atoms. The highest BCUT2D eigenvalue weighted by molar-refractivity contribution is 5.67. The largest absolute Gasteiger partial charge is 0.290 e. The van der Waals surface area contributed by atoms with E-state index in [1.807, 2.05) is 59.1 Å². The summed E-state index contributed by atoms with van der Waals surface area (Å²) in [4.78, 5) is 0. The number of fused-ring (bicyclic) bond motifs is 1. The maximum absolute atomic E-state index is 4.24. The molecule has 0 atom stereocenters. The Morgan fingerprint density at radius 1 is 0.750 bits per heavy atom. The van der Waals surface area contributed by atoms with Crippen LogP contribution in [-0.2, 0) is 0 Å². The quantitative estimate of drug-likeness (QED) is 0.600. The fraction of sp³-hybridized carbons (Fsp3) is 0. The molecule has 4 heteroatoms. The molecule has 0 amide bonds. The highest BCUT2D eigenvalue weighted by atomic mass is 15.4. The zero-order valence-corrected chi connectivity index (χ0v) is 10.7. The van der Waals surface area contributed by atoms with Crippen molar-refractivity contribution in [1.29, 1.82) is 0 Å². The van der Waals surface area contributed by atoms with Crippen molar-refractivity contribution in [3.63, 3.8) is 0 Å². The number of nitrogens with zero attached hydrogens (tertiary/aromatic N) is 3. The Balaban J connectivity index is 1.88. The van der Waals surface area contributed by atoms with Crippen LogP contribution in [0.2, 0.25) is 0 Å². The lowest BCUT2D eigenvalue weighted by Gasteiger charge is -1.98. The minimum atomic E-state index is 0.822. The van der Waals surface area contributed by atoms with Crippen molar-refractivity contribution in [2.75, 3.05) is 0 Å². The molecular formula is C16H12N4. The van der Waals surface area contributed by atoms with Gasteiger partial charge in [0.15, 0.2) is 11.5 Å². The number of rotatable bonds is 2. The molecule has 0 aliphatic rings. The summed E-state index contributed by atoms with van der Waals surface area (Å²) in [5.74, 6) is 0.822. The molecule has 0 aliphatic carbocycles. The van der Waals surface area contributed by atoms with Gasteiger partial charge in [0.1, 0.15) is 0 Å². The van der Waals surface area contributed by atoms with Gasteiger partial charge in [0.2, 0.25) is 0 Å². The summed E-state index contributed by atoms with van der Waals surface area (Å²) in [7, 11) is 0. The highest BCUT2D eigenvalue weighted by Crippen LogP contribution is 2.22. The smallest absolute Gasteiger partial charge is 0.183 e. The summed E-state index contributed by atoms with van der Waals surface area (Å²) >= 11 is 0. The van der Waals surface area contributed by atoms with Crippen LogP contribution in [-0.4, -0.2) is 19.8 Å². The van der Waals surface area contributed by atoms with Crippen molar-refractivity contribution in [2.24, 2.45) is 0 Å². The van der Waals surface area contributed by atoms with Crippen molar-refractivity contribution in [3.05, 3.63) is 66.7 Å². The first-order chi connectivity index (χ1) is 9.92. The van der Waals surface area contributed by atoms with Gasteiger partial charge in [0, 0.05) is 11.6 Å². The third-order valence-corrected chi connectivity index (χ3v) is 3.31. The number of H-pyrrole nitrogens is 1. The molecule has 0 saturated heterocycles. The standard InChI is InChI=1S/C16H12N4/c1-3-7-12(8-4-1)14-11-15-17-18-16(20(15)19-14)13-9-5-2-6-10-13/h1-11,19H. The Morgan fingerprint density at radius 3 is 2.10 bits per heavy atom. The molecule has 0 aliphatic heterocycles. The van der Waals surface area contributed by atoms with Crippen molar-refractivity contribution < 1.29 is 0 Å². The Morgan fingerprint density at radius 2 is 1.40 bits per heavy atom. The topological polar surface area (TPSA) is 46.0 Å². The van der Waals surface area contributed by atoms with Crippen LogP contribution in [0.15, 0.2) is 66.7 Å². The first-order valence-corrected chi connectivity index (χ1v) is 6.47. The second-order valence-electron chi connectivity index (χ2n) is 4.62. The van der Waals surface area contributed by atoms with Crippen molar-refractivity contribution in [3.8, 4) is 22.6 Å². The van der Waals surface area contributed by atoms with Gasteiger partial charge in [-0.1, -0.05) is 60.7 Å². The highest BCUT2D eigenvalue weighted by Gasteiger charge is 2.11. The van der Waals surface area contributed by atoms with E-state index < -0.39 is 0 Å². The van der Waals surface area contributed by atoms with Gasteiger partial charge in [-0.3, -0.25) is 5.10 Å². The van der Waals surface area contributed by atoms with E-state index in [2.05, 4.69) is 27.4 Å². The van der Waals surface area contributed by atoms with Gasteiger partial charge >= 0.3 is 0 Å². The van der Waals surface area contributed by atoms with E-state index in [0.29, 0.717) is 0 Å². The van der Waals surface area contributed by atoms with Crippen LogP contribution in [0.25, 0.3) is 28.3 Å². The molecule has 4 nitrogen and oxygen atoms in total. The Bertz CT molecular complexity index is 844. The number of nitrogens with one attached hydrogen (secondary N) is 1. The lowest BCUT2D eigenvalue weighted by molar-refractivity contribution is 0.970. The van der Waals surface area contributed by atoms with Crippen LogP contribution in [0.1, 0.15) is 0 Å². The van der Waals surface area contributed by atoms with Crippen LogP contribution < -0.4 is 0 Å². The van der Waals surface area contributed by atoms with E-state index in [1.165, 1.54) is 0 Å². The molecule has 20 heavy (non-hydrogen) atoms. The average Bonchev–Trinajstić information content (AvgIpc) is 3.09. The maximum atomic E-state index is 4.24. The summed E-state index contributed by atoms with van der Waals surface area (Å²) in [5, 5.41) is 11.8. The van der Waals surface area contributed by atoms with Gasteiger partial charge in [0.05, 0.1) is 5.69 Å². The summed E-state index contributed by atoms with van der Waals surface area (Å²) < 4.78 is 1.91. The lowest BCUT2D eigenvalue weighted by Crippen LogP contribution is -1.90. The molecule has 0 radical (unpaired) electrons. The van der Waals surface area contributed by atoms with Crippen molar-refractivity contribution in [2.45, 2.75) is 0 Å². The van der Waals surface area contributed by atoms with E-state index in [9.17, 15) is 0 Å². The molecule has 4 aromatic rings. The SMILES string of the molecule is c1ccc(-c2cc3nnc(-c4ccccc4)n3[nH]2)cc1. The van der Waals surface area contributed by atoms with Crippen molar-refractivity contribution >= 4 is 5.65 Å². The number of aromatic amines is 1. The average molecular weight is 260 g/mol. The first kappa shape index (κ1) is 11.0. The fourth-order valence-corrected chi connectivity index (χ4v) is 2.32. The van der Waals surface area contributed by atoms with Gasteiger partial charge < -0.3 is 0 Å². The van der Waals surface area contributed by atoms with Gasteiger partial charge in [0.25, 0.3) is 0 Å². The maximum Gasteiger partial charge on any atom is 0.183 e. The first-order valence-electron chi connectivity index (χ1n) is 6.47. The predicted molar refractivity (Wildman–Crippen MR) is 78.2 cm³/mol. The number of aromatic nitrogens is 4. The number of hydrogen-bond acceptors (Lipinski definition) is 2. The molecule has 2 aromatic carbocycles. The molecular weight excluding hydrogens is 248 g/mol. The van der Waals surface area contributed by atoms with E-state index in [4.69, 9.17) is 0 Å². The van der Waals surface area contributed by atoms with Crippen LogP contribution in [0, 0.1) is 0 Å². The Kier molecular flexibility index (Phi) is 2.39. The monoisotopic (exact) mass is 260 g/mol. The van der Waals surface area contributed by atoms with Crippen LogP contribution >= 0.6 is 0 Å². The zero-order valence-electron chi connectivity index (χ0n) is 10.7. The molecule has 96 valence electrons. The van der Waals surface area contributed by atoms with E-state index in [1.54, 1.807) is 0 Å². The Labute approximate surface area is 115 Å². The molecule has 0 saturated carbocycles. The van der Waals surface area contributed by atoms with E-state index >= 15 is 0 Å². The lowest BCUT2D eigenvalue weighted by atomic mass is 10.2. The molecule has 0 unspecified atom stereocenters. The fourth-order valence-electron chi connectivity index (χ4n) is 2.32. The third kappa shape index (κ3) is 1.70. The van der Waals surface area contributed by atoms with Crippen LogP contribution in [0.3, 0.4) is 0 Å². The minimum absolute atomic E-state index is 0.822. The third-order valence-electron chi connectivity index (χ3n) is 3.31. The molecule has 2 aromatic heterocycles. The summed E-state index contributed by atoms with van der Waals surface area (Å²) in [6.07, 6.45) is 0. The van der Waals surface area contributed by atoms with Gasteiger partial charge in [-0.25, -0.2) is 4.52 Å². The van der Waals surface area contributed by atoms with Crippen molar-refractivity contribution in [1.82, 2.24) is 19.8 Å². The molecule has 0 spiro atoms. The van der Waals surface area contributed by atoms with E-state index in [0.717, 1.165) is 28.3 Å². The molecule has 4 rings (SSSR count). The zero-order chi connectivity index (χ0) is 13.4. The van der Waals surface area contributed by atoms with Gasteiger partial charge in [-0.2, -0.15) is 0 Å². The van der Waals surface area contributed by atoms with Crippen LogP contribution in [0.5, 0.6) is 0 Å².